The van der Waals surface area contributed by atoms with E-state index >= 15 is 35.1 Å². The van der Waals surface area contributed by atoms with E-state index in [4.69, 9.17) is 0 Å². The number of halogens is 20. The summed E-state index contributed by atoms with van der Waals surface area (Å²) in [5.74, 6) is -70.9. The topological polar surface area (TPSA) is 60.2 Å². The fourth-order valence-corrected chi connectivity index (χ4v) is 6.98. The van der Waals surface area contributed by atoms with Crippen LogP contribution in [0.2, 0.25) is 0 Å². The van der Waals surface area contributed by atoms with Crippen LogP contribution < -0.4 is 21.9 Å². The Morgan fingerprint density at radius 3 is 0.763 bits per heavy atom. The van der Waals surface area contributed by atoms with Gasteiger partial charge in [0.2, 0.25) is 0 Å². The van der Waals surface area contributed by atoms with Crippen LogP contribution >= 0.6 is 0 Å². The Kier molecular flexibility index (Phi) is 12.6. The van der Waals surface area contributed by atoms with Crippen LogP contribution in [-0.4, -0.2) is 23.6 Å². The van der Waals surface area contributed by atoms with Gasteiger partial charge < -0.3 is 0 Å². The first-order valence-corrected chi connectivity index (χ1v) is 17.5. The van der Waals surface area contributed by atoms with Crippen molar-refractivity contribution in [1.82, 2.24) is 0 Å². The molecule has 316 valence electrons. The van der Waals surface area contributed by atoms with Crippen molar-refractivity contribution in [2.24, 2.45) is 0 Å². The van der Waals surface area contributed by atoms with Crippen molar-refractivity contribution < 1.29 is 96.9 Å². The zero-order valence-corrected chi connectivity index (χ0v) is 29.0. The largest absolute Gasteiger partial charge is 0.269 e. The molecule has 0 atom stereocenters. The first-order valence-electron chi connectivity index (χ1n) is 15.0. The summed E-state index contributed by atoms with van der Waals surface area (Å²) in [6, 6.07) is 6.15. The highest BCUT2D eigenvalue weighted by atomic mass is 32.2. The lowest BCUT2D eigenvalue weighted by Crippen LogP contribution is -2.81. The number of hydrogen-bond acceptors (Lipinski definition) is 3. The standard InChI is InChI=1S/C24BF20.C9H12NO3S/c26-5-1(6(27)14(35)21(42)13(5)34)25(2-7(28)15(36)22(43)16(37)8(2)29,3-9(30)17(38)23(44)18(39)10(3)31)4-11(32)19(40)24(45)20(41)12(4)33;1-14(2,13)7-8-3-5-9(6-4-8)10(11)12/h;3-6H,7H2,1-2H3/q-1;+1. The molecule has 0 N–H and O–H groups in total. The van der Waals surface area contributed by atoms with Crippen LogP contribution in [0.3, 0.4) is 0 Å². The lowest BCUT2D eigenvalue weighted by atomic mass is 9.12. The van der Waals surface area contributed by atoms with E-state index in [0.717, 1.165) is 5.56 Å². The maximum Gasteiger partial charge on any atom is 0.269 e. The summed E-state index contributed by atoms with van der Waals surface area (Å²) < 4.78 is 305. The molecular weight excluding hydrogens is 881 g/mol. The third kappa shape index (κ3) is 7.45. The van der Waals surface area contributed by atoms with E-state index in [1.807, 2.05) is 0 Å². The number of non-ortho nitro benzene ring substituents is 1. The maximum absolute atomic E-state index is 15.4. The third-order valence-electron chi connectivity index (χ3n) is 8.37. The Morgan fingerprint density at radius 1 is 0.407 bits per heavy atom. The summed E-state index contributed by atoms with van der Waals surface area (Å²) in [6.07, 6.45) is -3.87. The lowest BCUT2D eigenvalue weighted by Gasteiger charge is -2.44. The summed E-state index contributed by atoms with van der Waals surface area (Å²) in [5.41, 5.74) is -13.4. The molecule has 0 bridgehead atoms. The number of nitro groups is 1. The molecule has 0 unspecified atom stereocenters. The Hall–Kier alpha value is -5.69. The molecule has 0 aliphatic rings. The molecule has 0 amide bonds. The average Bonchev–Trinajstić information content (AvgIpc) is 3.17. The second-order valence-electron chi connectivity index (χ2n) is 12.3. The van der Waals surface area contributed by atoms with E-state index in [1.54, 1.807) is 24.6 Å². The zero-order valence-electron chi connectivity index (χ0n) is 28.2. The van der Waals surface area contributed by atoms with Gasteiger partial charge in [0, 0.05) is 17.7 Å². The van der Waals surface area contributed by atoms with Crippen molar-refractivity contribution >= 4 is 43.6 Å². The van der Waals surface area contributed by atoms with Gasteiger partial charge in [-0.05, 0) is 12.1 Å². The van der Waals surface area contributed by atoms with Gasteiger partial charge in [0.05, 0.1) is 14.9 Å². The van der Waals surface area contributed by atoms with Crippen LogP contribution in [-0.2, 0) is 19.9 Å². The molecule has 0 heterocycles. The normalized spacial score (nSPS) is 11.8. The fraction of sp³-hybridized carbons (Fsp3) is 0.0909. The molecule has 0 aliphatic carbocycles. The minimum atomic E-state index is -7.22. The van der Waals surface area contributed by atoms with Crippen molar-refractivity contribution in [3.05, 3.63) is 156 Å². The predicted molar refractivity (Wildman–Crippen MR) is 166 cm³/mol. The fourth-order valence-electron chi connectivity index (χ4n) is 5.99. The monoisotopic (exact) mass is 893 g/mol. The summed E-state index contributed by atoms with van der Waals surface area (Å²) in [6.45, 7) is 0. The van der Waals surface area contributed by atoms with Gasteiger partial charge in [-0.25, -0.2) is 87.8 Å². The smallest absolute Gasteiger partial charge is 0.258 e. The summed E-state index contributed by atoms with van der Waals surface area (Å²) in [5, 5.41) is 10.3. The van der Waals surface area contributed by atoms with E-state index in [2.05, 4.69) is 0 Å². The minimum Gasteiger partial charge on any atom is -0.258 e. The average molecular weight is 893 g/mol. The molecule has 0 saturated carbocycles. The molecule has 5 aromatic carbocycles. The van der Waals surface area contributed by atoms with Crippen LogP contribution in [0.4, 0.5) is 93.5 Å². The Balaban J connectivity index is 0.000000464. The highest BCUT2D eigenvalue weighted by molar-refractivity contribution is 8.00. The number of nitro benzene ring substituents is 1. The van der Waals surface area contributed by atoms with Crippen molar-refractivity contribution in [2.75, 3.05) is 12.5 Å². The summed E-state index contributed by atoms with van der Waals surface area (Å²) in [7, 11) is -1.83. The molecule has 5 rings (SSSR count). The Labute approximate surface area is 315 Å². The van der Waals surface area contributed by atoms with Crippen LogP contribution in [0.1, 0.15) is 5.56 Å². The molecule has 5 aromatic rings. The number of hydrogen-bond donors (Lipinski definition) is 0. The van der Waals surface area contributed by atoms with E-state index in [-0.39, 0.29) is 5.69 Å². The third-order valence-corrected chi connectivity index (χ3v) is 9.40. The second-order valence-corrected chi connectivity index (χ2v) is 15.5. The van der Waals surface area contributed by atoms with Gasteiger partial charge in [-0.2, -0.15) is 0 Å². The summed E-state index contributed by atoms with van der Waals surface area (Å²) in [4.78, 5) is 9.90. The van der Waals surface area contributed by atoms with Gasteiger partial charge in [-0.3, -0.25) is 10.1 Å². The maximum atomic E-state index is 15.4. The van der Waals surface area contributed by atoms with Crippen LogP contribution in [0, 0.1) is 126 Å². The molecule has 0 saturated heterocycles. The number of nitrogens with zero attached hydrogens (tertiary/aromatic N) is 1. The highest BCUT2D eigenvalue weighted by Gasteiger charge is 2.52. The predicted octanol–water partition coefficient (Wildman–Crippen LogP) is 7.70. The Morgan fingerprint density at radius 2 is 0.593 bits per heavy atom. The minimum absolute atomic E-state index is 0.0625. The molecule has 0 radical (unpaired) electrons. The van der Waals surface area contributed by atoms with E-state index in [0.29, 0.717) is 5.75 Å². The van der Waals surface area contributed by atoms with Crippen molar-refractivity contribution in [3.63, 3.8) is 0 Å². The van der Waals surface area contributed by atoms with Crippen LogP contribution in [0.15, 0.2) is 24.3 Å². The van der Waals surface area contributed by atoms with Crippen LogP contribution in [0.5, 0.6) is 0 Å². The van der Waals surface area contributed by atoms with Gasteiger partial charge in [0.25, 0.3) is 5.69 Å². The van der Waals surface area contributed by atoms with Gasteiger partial charge in [0.1, 0.15) is 70.9 Å². The van der Waals surface area contributed by atoms with E-state index in [9.17, 15) is 67.0 Å². The van der Waals surface area contributed by atoms with Crippen molar-refractivity contribution in [3.8, 4) is 0 Å². The van der Waals surface area contributed by atoms with Crippen LogP contribution in [0.25, 0.3) is 0 Å². The number of rotatable bonds is 7. The first-order chi connectivity index (χ1) is 27.1. The molecule has 26 heteroatoms. The molecule has 0 fully saturated rings. The van der Waals surface area contributed by atoms with Crippen molar-refractivity contribution in [1.29, 1.82) is 0 Å². The Bertz CT molecular complexity index is 2240. The highest BCUT2D eigenvalue weighted by Crippen LogP contribution is 2.31. The number of benzene rings is 5. The first kappa shape index (κ1) is 46.0. The van der Waals surface area contributed by atoms with Gasteiger partial charge in [0.15, 0.2) is 69.8 Å². The lowest BCUT2D eigenvalue weighted by molar-refractivity contribution is -0.384. The second kappa shape index (κ2) is 16.2. The summed E-state index contributed by atoms with van der Waals surface area (Å²) >= 11 is 0. The SMILES string of the molecule is C[S+](C)(=O)Cc1ccc([N+](=O)[O-])cc1.Fc1c(F)c(F)c([B-](c2c(F)c(F)c(F)c(F)c2F)(c2c(F)c(F)c(F)c(F)c2F)c2c(F)c(F)c(F)c(F)c2F)c(F)c1F. The zero-order chi connectivity index (χ0) is 45.1. The van der Waals surface area contributed by atoms with Gasteiger partial charge in [-0.1, -0.05) is 0 Å². The molecule has 0 aromatic heterocycles. The van der Waals surface area contributed by atoms with Crippen molar-refractivity contribution in [2.45, 2.75) is 5.75 Å². The molecule has 0 spiro atoms. The van der Waals surface area contributed by atoms with E-state index in [1.165, 1.54) is 12.1 Å². The van der Waals surface area contributed by atoms with Gasteiger partial charge in [-0.15, -0.1) is 26.1 Å². The van der Waals surface area contributed by atoms with Gasteiger partial charge >= 0.3 is 0 Å². The molecule has 59 heavy (non-hydrogen) atoms. The van der Waals surface area contributed by atoms with E-state index < -0.39 is 159 Å². The quantitative estimate of drug-likeness (QED) is 0.0321. The molecule has 4 nitrogen and oxygen atoms in total. The molecule has 0 aliphatic heterocycles. The molecular formula is C33H12BF20NO3S.